The van der Waals surface area contributed by atoms with Crippen LogP contribution in [0.2, 0.25) is 0 Å². The van der Waals surface area contributed by atoms with Crippen LogP contribution in [0.15, 0.2) is 107 Å². The van der Waals surface area contributed by atoms with Gasteiger partial charge in [-0.3, -0.25) is 14.4 Å². The number of allylic oxidation sites excluding steroid dienone is 4. The second-order valence-corrected chi connectivity index (χ2v) is 13.6. The zero-order valence-corrected chi connectivity index (χ0v) is 30.5. The van der Waals surface area contributed by atoms with Gasteiger partial charge < -0.3 is 20.1 Å². The SMILES string of the molecule is CCCCCCC1(OC)C=CC(C(=O)C2=C(CNC(=O)c3ccccc3)CC(CCCCCC)(OC)C=C2)=C(CNC(=O)c2ccccc2)C1. The number of rotatable bonds is 20. The van der Waals surface area contributed by atoms with Crippen LogP contribution >= 0.6 is 0 Å². The van der Waals surface area contributed by atoms with E-state index in [9.17, 15) is 14.4 Å². The third kappa shape index (κ3) is 10.5. The van der Waals surface area contributed by atoms with Crippen LogP contribution in [0.25, 0.3) is 0 Å². The number of methoxy groups -OCH3 is 2. The lowest BCUT2D eigenvalue weighted by atomic mass is 9.77. The molecular weight excluding hydrogens is 624 g/mol. The molecule has 0 radical (unpaired) electrons. The topological polar surface area (TPSA) is 93.7 Å². The van der Waals surface area contributed by atoms with E-state index < -0.39 is 11.2 Å². The molecule has 0 spiro atoms. The number of amides is 2. The Morgan fingerprint density at radius 2 is 1.00 bits per heavy atom. The molecule has 7 heteroatoms. The van der Waals surface area contributed by atoms with Gasteiger partial charge in [0, 0.05) is 62.4 Å². The van der Waals surface area contributed by atoms with Gasteiger partial charge in [0.15, 0.2) is 5.78 Å². The quantitative estimate of drug-likeness (QED) is 0.137. The van der Waals surface area contributed by atoms with E-state index >= 15 is 0 Å². The number of benzene rings is 2. The highest BCUT2D eigenvalue weighted by atomic mass is 16.5. The maximum absolute atomic E-state index is 14.7. The predicted molar refractivity (Wildman–Crippen MR) is 201 cm³/mol. The summed E-state index contributed by atoms with van der Waals surface area (Å²) in [5.41, 5.74) is 2.78. The highest BCUT2D eigenvalue weighted by molar-refractivity contribution is 6.13. The summed E-state index contributed by atoms with van der Waals surface area (Å²) in [6.45, 7) is 4.82. The number of ketones is 1. The minimum absolute atomic E-state index is 0.128. The molecule has 4 rings (SSSR count). The number of Topliss-reactive ketones (excluding diaryl/α,β-unsaturated/α-hetero) is 1. The van der Waals surface area contributed by atoms with Gasteiger partial charge in [-0.15, -0.1) is 0 Å². The summed E-state index contributed by atoms with van der Waals surface area (Å²) in [4.78, 5) is 41.0. The van der Waals surface area contributed by atoms with E-state index in [-0.39, 0.29) is 30.7 Å². The molecule has 2 aromatic carbocycles. The first-order valence-corrected chi connectivity index (χ1v) is 18.4. The van der Waals surface area contributed by atoms with Gasteiger partial charge in [0.05, 0.1) is 11.2 Å². The lowest BCUT2D eigenvalue weighted by Crippen LogP contribution is -2.38. The summed E-state index contributed by atoms with van der Waals surface area (Å²) in [6, 6.07) is 18.2. The van der Waals surface area contributed by atoms with Gasteiger partial charge in [-0.1, -0.05) is 126 Å². The van der Waals surface area contributed by atoms with Gasteiger partial charge >= 0.3 is 0 Å². The normalized spacial score (nSPS) is 20.2. The van der Waals surface area contributed by atoms with Crippen molar-refractivity contribution in [2.45, 2.75) is 102 Å². The Morgan fingerprint density at radius 1 is 0.600 bits per heavy atom. The van der Waals surface area contributed by atoms with Crippen molar-refractivity contribution in [3.63, 3.8) is 0 Å². The first kappa shape index (κ1) is 38.7. The zero-order valence-electron chi connectivity index (χ0n) is 30.5. The van der Waals surface area contributed by atoms with Crippen LogP contribution in [-0.2, 0) is 14.3 Å². The van der Waals surface area contributed by atoms with Crippen molar-refractivity contribution in [1.82, 2.24) is 10.6 Å². The van der Waals surface area contributed by atoms with Crippen molar-refractivity contribution in [2.24, 2.45) is 0 Å². The highest BCUT2D eigenvalue weighted by Gasteiger charge is 2.37. The van der Waals surface area contributed by atoms with Gasteiger partial charge in [-0.05, 0) is 48.3 Å². The number of nitrogens with one attached hydrogen (secondary N) is 2. The third-order valence-electron chi connectivity index (χ3n) is 10.1. The van der Waals surface area contributed by atoms with Crippen LogP contribution in [0.1, 0.15) is 112 Å². The molecule has 268 valence electrons. The van der Waals surface area contributed by atoms with Crippen molar-refractivity contribution in [3.05, 3.63) is 118 Å². The summed E-state index contributed by atoms with van der Waals surface area (Å²) in [6.07, 6.45) is 19.4. The van der Waals surface area contributed by atoms with E-state index in [0.717, 1.165) is 75.4 Å². The van der Waals surface area contributed by atoms with Crippen LogP contribution in [-0.4, -0.2) is 56.1 Å². The second kappa shape index (κ2) is 19.4. The molecule has 2 N–H and O–H groups in total. The largest absolute Gasteiger partial charge is 0.374 e. The van der Waals surface area contributed by atoms with Gasteiger partial charge in [0.1, 0.15) is 0 Å². The van der Waals surface area contributed by atoms with Gasteiger partial charge in [-0.2, -0.15) is 0 Å². The van der Waals surface area contributed by atoms with Crippen LogP contribution in [0.4, 0.5) is 0 Å². The molecule has 0 bridgehead atoms. The standard InChI is InChI=1S/C43H56N2O5/c1-5-7-9-17-25-42(49-3)27-23-37(35(29-42)31-44-40(47)33-19-13-11-14-20-33)39(46)38-24-28-43(50-4,26-18-10-8-6-2)30-36(38)32-45-41(48)34-21-15-12-16-22-34/h11-16,19-24,27-28H,5-10,17-18,25-26,29-32H2,1-4H3,(H,44,47)(H,45,48). The summed E-state index contributed by atoms with van der Waals surface area (Å²) in [7, 11) is 3.45. The number of carbonyl (C=O) groups excluding carboxylic acids is 3. The molecule has 0 aliphatic heterocycles. The van der Waals surface area contributed by atoms with Crippen LogP contribution < -0.4 is 10.6 Å². The highest BCUT2D eigenvalue weighted by Crippen LogP contribution is 2.39. The molecule has 2 aromatic rings. The minimum Gasteiger partial charge on any atom is -0.374 e. The predicted octanol–water partition coefficient (Wildman–Crippen LogP) is 8.64. The van der Waals surface area contributed by atoms with Gasteiger partial charge in [-0.25, -0.2) is 0 Å². The van der Waals surface area contributed by atoms with Crippen LogP contribution in [0.5, 0.6) is 0 Å². The maximum Gasteiger partial charge on any atom is 0.251 e. The summed E-state index contributed by atoms with van der Waals surface area (Å²) in [5.74, 6) is -0.518. The fourth-order valence-electron chi connectivity index (χ4n) is 6.96. The Kier molecular flexibility index (Phi) is 15.0. The number of hydrogen-bond acceptors (Lipinski definition) is 5. The average molecular weight is 681 g/mol. The lowest BCUT2D eigenvalue weighted by Gasteiger charge is -2.36. The first-order chi connectivity index (χ1) is 24.3. The summed E-state index contributed by atoms with van der Waals surface area (Å²) < 4.78 is 12.3. The third-order valence-corrected chi connectivity index (χ3v) is 10.1. The maximum atomic E-state index is 14.7. The van der Waals surface area contributed by atoms with Crippen LogP contribution in [0.3, 0.4) is 0 Å². The molecule has 2 unspecified atom stereocenters. The Bertz CT molecular complexity index is 1440. The van der Waals surface area contributed by atoms with E-state index in [4.69, 9.17) is 9.47 Å². The van der Waals surface area contributed by atoms with Crippen molar-refractivity contribution in [3.8, 4) is 0 Å². The van der Waals surface area contributed by atoms with E-state index in [1.165, 1.54) is 0 Å². The molecule has 2 atom stereocenters. The smallest absolute Gasteiger partial charge is 0.251 e. The van der Waals surface area contributed by atoms with E-state index in [0.29, 0.717) is 35.1 Å². The van der Waals surface area contributed by atoms with E-state index in [2.05, 4.69) is 24.5 Å². The second-order valence-electron chi connectivity index (χ2n) is 13.6. The Hall–Kier alpha value is -4.07. The molecule has 0 saturated heterocycles. The first-order valence-electron chi connectivity index (χ1n) is 18.4. The Balaban J connectivity index is 1.68. The van der Waals surface area contributed by atoms with Crippen molar-refractivity contribution >= 4 is 17.6 Å². The Labute approximate surface area is 299 Å². The molecule has 2 aliphatic rings. The molecule has 7 nitrogen and oxygen atoms in total. The molecule has 0 aromatic heterocycles. The van der Waals surface area contributed by atoms with E-state index in [1.807, 2.05) is 60.7 Å². The van der Waals surface area contributed by atoms with Crippen molar-refractivity contribution in [2.75, 3.05) is 27.3 Å². The fraction of sp³-hybridized carbons (Fsp3) is 0.465. The monoisotopic (exact) mass is 680 g/mol. The Morgan fingerprint density at radius 3 is 1.36 bits per heavy atom. The summed E-state index contributed by atoms with van der Waals surface area (Å²) >= 11 is 0. The number of hydrogen-bond donors (Lipinski definition) is 2. The number of ether oxygens (including phenoxy) is 2. The van der Waals surface area contributed by atoms with Crippen LogP contribution in [0, 0.1) is 0 Å². The van der Waals surface area contributed by atoms with Gasteiger partial charge in [0.2, 0.25) is 0 Å². The van der Waals surface area contributed by atoms with Crippen molar-refractivity contribution < 1.29 is 23.9 Å². The number of unbranched alkanes of at least 4 members (excludes halogenated alkanes) is 6. The molecule has 2 aliphatic carbocycles. The average Bonchev–Trinajstić information content (AvgIpc) is 3.16. The fourth-order valence-corrected chi connectivity index (χ4v) is 6.96. The molecule has 2 amide bonds. The molecular formula is C43H56N2O5. The minimum atomic E-state index is -0.558. The van der Waals surface area contributed by atoms with Crippen molar-refractivity contribution in [1.29, 1.82) is 0 Å². The molecule has 50 heavy (non-hydrogen) atoms. The van der Waals surface area contributed by atoms with E-state index in [1.54, 1.807) is 38.5 Å². The summed E-state index contributed by atoms with van der Waals surface area (Å²) in [5, 5.41) is 6.14. The number of carbonyl (C=O) groups is 3. The molecule has 0 heterocycles. The molecule has 0 fully saturated rings. The lowest BCUT2D eigenvalue weighted by molar-refractivity contribution is -0.112. The zero-order chi connectivity index (χ0) is 35.8. The van der Waals surface area contributed by atoms with Gasteiger partial charge in [0.25, 0.3) is 11.8 Å². The molecule has 0 saturated carbocycles.